The molecular formula is C13H20N4. The molecule has 92 valence electrons. The van der Waals surface area contributed by atoms with Crippen LogP contribution >= 0.6 is 0 Å². The van der Waals surface area contributed by atoms with Crippen LogP contribution in [-0.4, -0.2) is 19.6 Å². The second kappa shape index (κ2) is 5.17. The van der Waals surface area contributed by atoms with Crippen molar-refractivity contribution in [3.8, 4) is 0 Å². The minimum atomic E-state index is -0.142. The highest BCUT2D eigenvalue weighted by molar-refractivity contribution is 4.94. The Morgan fingerprint density at radius 3 is 1.65 bits per heavy atom. The lowest BCUT2D eigenvalue weighted by Gasteiger charge is -2.34. The minimum Gasteiger partial charge on any atom is -0.245 e. The van der Waals surface area contributed by atoms with Gasteiger partial charge in [-0.2, -0.15) is 10.2 Å². The van der Waals surface area contributed by atoms with E-state index in [1.54, 1.807) is 0 Å². The van der Waals surface area contributed by atoms with Crippen LogP contribution in [0.2, 0.25) is 0 Å². The van der Waals surface area contributed by atoms with E-state index >= 15 is 0 Å². The second-order valence-corrected chi connectivity index (χ2v) is 4.38. The highest BCUT2D eigenvalue weighted by atomic mass is 15.5. The maximum atomic E-state index is 4.44. The average molecular weight is 232 g/mol. The van der Waals surface area contributed by atoms with Crippen LogP contribution in [0.4, 0.5) is 0 Å². The first kappa shape index (κ1) is 11.9. The predicted molar refractivity (Wildman–Crippen MR) is 67.6 cm³/mol. The molecule has 17 heavy (non-hydrogen) atoms. The summed E-state index contributed by atoms with van der Waals surface area (Å²) in [4.78, 5) is 0. The molecule has 2 heterocycles. The summed E-state index contributed by atoms with van der Waals surface area (Å²) in [6.45, 7) is 4.41. The Balaban J connectivity index is 2.46. The lowest BCUT2D eigenvalue weighted by atomic mass is 9.98. The van der Waals surface area contributed by atoms with Crippen LogP contribution in [0.25, 0.3) is 0 Å². The Hall–Kier alpha value is -1.58. The second-order valence-electron chi connectivity index (χ2n) is 4.38. The fraction of sp³-hybridized carbons (Fsp3) is 0.538. The molecule has 0 bridgehead atoms. The van der Waals surface area contributed by atoms with Gasteiger partial charge >= 0.3 is 0 Å². The molecule has 0 saturated carbocycles. The first-order valence-corrected chi connectivity index (χ1v) is 6.33. The summed E-state index contributed by atoms with van der Waals surface area (Å²) >= 11 is 0. The van der Waals surface area contributed by atoms with Gasteiger partial charge in [0.05, 0.1) is 0 Å². The van der Waals surface area contributed by atoms with Gasteiger partial charge in [-0.25, -0.2) is 9.36 Å². The zero-order valence-corrected chi connectivity index (χ0v) is 10.6. The van der Waals surface area contributed by atoms with Crippen molar-refractivity contribution < 1.29 is 0 Å². The lowest BCUT2D eigenvalue weighted by Crippen LogP contribution is -2.42. The van der Waals surface area contributed by atoms with Gasteiger partial charge in [0.15, 0.2) is 5.66 Å². The Morgan fingerprint density at radius 1 is 0.882 bits per heavy atom. The van der Waals surface area contributed by atoms with E-state index in [-0.39, 0.29) is 5.66 Å². The van der Waals surface area contributed by atoms with Gasteiger partial charge in [0, 0.05) is 24.8 Å². The first-order valence-electron chi connectivity index (χ1n) is 6.33. The molecule has 0 spiro atoms. The van der Waals surface area contributed by atoms with Gasteiger partial charge in [0.2, 0.25) is 0 Å². The molecule has 0 amide bonds. The average Bonchev–Trinajstić information content (AvgIpc) is 3.02. The van der Waals surface area contributed by atoms with E-state index in [0.29, 0.717) is 0 Å². The van der Waals surface area contributed by atoms with Crippen molar-refractivity contribution in [3.05, 3.63) is 36.9 Å². The molecule has 0 fully saturated rings. The highest BCUT2D eigenvalue weighted by Crippen LogP contribution is 2.29. The minimum absolute atomic E-state index is 0.142. The van der Waals surface area contributed by atoms with Gasteiger partial charge in [-0.3, -0.25) is 0 Å². The predicted octanol–water partition coefficient (Wildman–Crippen LogP) is 2.88. The molecule has 0 unspecified atom stereocenters. The molecule has 0 atom stereocenters. The van der Waals surface area contributed by atoms with Crippen molar-refractivity contribution >= 4 is 0 Å². The third kappa shape index (κ3) is 2.12. The molecule has 0 N–H and O–H groups in total. The van der Waals surface area contributed by atoms with Crippen molar-refractivity contribution in [1.29, 1.82) is 0 Å². The third-order valence-corrected chi connectivity index (χ3v) is 3.16. The highest BCUT2D eigenvalue weighted by Gasteiger charge is 2.33. The summed E-state index contributed by atoms with van der Waals surface area (Å²) in [5.41, 5.74) is -0.142. The Bertz CT molecular complexity index is 374. The largest absolute Gasteiger partial charge is 0.245 e. The topological polar surface area (TPSA) is 35.6 Å². The van der Waals surface area contributed by atoms with Crippen LogP contribution in [0.3, 0.4) is 0 Å². The standard InChI is InChI=1S/C13H20N4/c1-3-7-13(8-4-2,16-11-5-9-14-16)17-12-6-10-15-17/h5-6,9-12H,3-4,7-8H2,1-2H3. The quantitative estimate of drug-likeness (QED) is 0.767. The SMILES string of the molecule is CCCC(CCC)(n1cccn1)n1cccn1. The summed E-state index contributed by atoms with van der Waals surface area (Å²) in [5.74, 6) is 0. The Kier molecular flexibility index (Phi) is 3.61. The monoisotopic (exact) mass is 232 g/mol. The van der Waals surface area contributed by atoms with Crippen LogP contribution in [-0.2, 0) is 5.66 Å². The fourth-order valence-corrected chi connectivity index (χ4v) is 2.52. The van der Waals surface area contributed by atoms with E-state index in [0.717, 1.165) is 25.7 Å². The van der Waals surface area contributed by atoms with Crippen LogP contribution < -0.4 is 0 Å². The van der Waals surface area contributed by atoms with Gasteiger partial charge in [-0.05, 0) is 25.0 Å². The molecule has 2 aromatic heterocycles. The molecule has 4 nitrogen and oxygen atoms in total. The van der Waals surface area contributed by atoms with Crippen molar-refractivity contribution in [3.63, 3.8) is 0 Å². The van der Waals surface area contributed by atoms with Gasteiger partial charge < -0.3 is 0 Å². The van der Waals surface area contributed by atoms with Gasteiger partial charge in [0.25, 0.3) is 0 Å². The summed E-state index contributed by atoms with van der Waals surface area (Å²) in [6, 6.07) is 3.95. The molecule has 0 aliphatic carbocycles. The molecule has 0 radical (unpaired) electrons. The molecule has 2 rings (SSSR count). The van der Waals surface area contributed by atoms with E-state index in [9.17, 15) is 0 Å². The Morgan fingerprint density at radius 2 is 1.35 bits per heavy atom. The summed E-state index contributed by atoms with van der Waals surface area (Å²) < 4.78 is 4.10. The van der Waals surface area contributed by atoms with E-state index < -0.39 is 0 Å². The molecule has 2 aromatic rings. The van der Waals surface area contributed by atoms with Crippen molar-refractivity contribution in [2.75, 3.05) is 0 Å². The molecule has 0 saturated heterocycles. The number of rotatable bonds is 6. The van der Waals surface area contributed by atoms with Crippen LogP contribution in [0.15, 0.2) is 36.9 Å². The van der Waals surface area contributed by atoms with Crippen molar-refractivity contribution in [2.24, 2.45) is 0 Å². The Labute approximate surface area is 102 Å². The smallest absolute Gasteiger partial charge is 0.153 e. The lowest BCUT2D eigenvalue weighted by molar-refractivity contribution is 0.145. The van der Waals surface area contributed by atoms with E-state index in [1.165, 1.54) is 0 Å². The maximum absolute atomic E-state index is 4.44. The summed E-state index contributed by atoms with van der Waals surface area (Å²) in [5, 5.41) is 8.88. The van der Waals surface area contributed by atoms with Crippen LogP contribution in [0.1, 0.15) is 39.5 Å². The number of hydrogen-bond acceptors (Lipinski definition) is 2. The van der Waals surface area contributed by atoms with Crippen molar-refractivity contribution in [1.82, 2.24) is 19.6 Å². The van der Waals surface area contributed by atoms with E-state index in [2.05, 4.69) is 24.0 Å². The summed E-state index contributed by atoms with van der Waals surface area (Å²) in [6.07, 6.45) is 12.1. The zero-order chi connectivity index (χ0) is 12.1. The van der Waals surface area contributed by atoms with E-state index in [1.807, 2.05) is 46.3 Å². The third-order valence-electron chi connectivity index (χ3n) is 3.16. The molecular weight excluding hydrogens is 212 g/mol. The molecule has 0 aliphatic heterocycles. The molecule has 4 heteroatoms. The maximum Gasteiger partial charge on any atom is 0.153 e. The summed E-state index contributed by atoms with van der Waals surface area (Å²) in [7, 11) is 0. The van der Waals surface area contributed by atoms with E-state index in [4.69, 9.17) is 0 Å². The van der Waals surface area contributed by atoms with Crippen LogP contribution in [0.5, 0.6) is 0 Å². The van der Waals surface area contributed by atoms with Gasteiger partial charge in [-0.1, -0.05) is 26.7 Å². The number of aromatic nitrogens is 4. The van der Waals surface area contributed by atoms with Gasteiger partial charge in [-0.15, -0.1) is 0 Å². The number of hydrogen-bond donors (Lipinski definition) is 0. The van der Waals surface area contributed by atoms with Crippen LogP contribution in [0, 0.1) is 0 Å². The van der Waals surface area contributed by atoms with Crippen molar-refractivity contribution in [2.45, 2.75) is 45.2 Å². The van der Waals surface area contributed by atoms with Gasteiger partial charge in [0.1, 0.15) is 0 Å². The fourth-order valence-electron chi connectivity index (χ4n) is 2.52. The normalized spacial score (nSPS) is 11.9. The number of nitrogens with zero attached hydrogens (tertiary/aromatic N) is 4. The molecule has 0 aliphatic rings. The first-order chi connectivity index (χ1) is 8.33. The zero-order valence-electron chi connectivity index (χ0n) is 10.6. The molecule has 0 aromatic carbocycles.